The van der Waals surface area contributed by atoms with Crippen molar-refractivity contribution in [1.82, 2.24) is 0 Å². The molecular weight excluding hydrogens is 380 g/mol. The molecule has 31 heavy (non-hydrogen) atoms. The molecule has 0 saturated heterocycles. The SMILES string of the molecule is CC1CCCC(OC2CCC(C(C)(C)C3CCC(OC4CCCC(C)C4)CC3)CC2)C1. The van der Waals surface area contributed by atoms with E-state index in [0.717, 1.165) is 23.7 Å². The lowest BCUT2D eigenvalue weighted by Gasteiger charge is -2.47. The fraction of sp³-hybridized carbons (Fsp3) is 1.00. The van der Waals surface area contributed by atoms with E-state index in [0.29, 0.717) is 29.8 Å². The molecule has 4 unspecified atom stereocenters. The minimum Gasteiger partial charge on any atom is -0.375 e. The summed E-state index contributed by atoms with van der Waals surface area (Å²) < 4.78 is 13.2. The first-order chi connectivity index (χ1) is 14.9. The van der Waals surface area contributed by atoms with Crippen LogP contribution in [0, 0.1) is 29.1 Å². The average molecular weight is 433 g/mol. The van der Waals surface area contributed by atoms with Crippen LogP contribution >= 0.6 is 0 Å². The molecule has 4 aliphatic rings. The summed E-state index contributed by atoms with van der Waals surface area (Å²) in [7, 11) is 0. The van der Waals surface area contributed by atoms with Crippen LogP contribution in [0.5, 0.6) is 0 Å². The van der Waals surface area contributed by atoms with Gasteiger partial charge in [0.15, 0.2) is 0 Å². The predicted octanol–water partition coefficient (Wildman–Crippen LogP) is 8.32. The number of hydrogen-bond acceptors (Lipinski definition) is 2. The summed E-state index contributed by atoms with van der Waals surface area (Å²) in [5.74, 6) is 3.52. The van der Waals surface area contributed by atoms with Crippen LogP contribution in [0.3, 0.4) is 0 Å². The van der Waals surface area contributed by atoms with E-state index >= 15 is 0 Å². The summed E-state index contributed by atoms with van der Waals surface area (Å²) in [5.41, 5.74) is 0.481. The molecule has 0 heterocycles. The predicted molar refractivity (Wildman–Crippen MR) is 130 cm³/mol. The van der Waals surface area contributed by atoms with Crippen LogP contribution in [-0.4, -0.2) is 24.4 Å². The van der Waals surface area contributed by atoms with E-state index in [1.807, 2.05) is 0 Å². The monoisotopic (exact) mass is 432 g/mol. The summed E-state index contributed by atoms with van der Waals surface area (Å²) >= 11 is 0. The Balaban J connectivity index is 1.19. The summed E-state index contributed by atoms with van der Waals surface area (Å²) in [5, 5.41) is 0. The van der Waals surface area contributed by atoms with Crippen molar-refractivity contribution in [3.8, 4) is 0 Å². The zero-order valence-corrected chi connectivity index (χ0v) is 21.2. The second-order valence-electron chi connectivity index (χ2n) is 12.8. The van der Waals surface area contributed by atoms with Gasteiger partial charge in [-0.25, -0.2) is 0 Å². The van der Waals surface area contributed by atoms with Crippen LogP contribution in [-0.2, 0) is 9.47 Å². The molecule has 0 aromatic rings. The quantitative estimate of drug-likeness (QED) is 0.420. The fourth-order valence-corrected chi connectivity index (χ4v) is 7.77. The second kappa shape index (κ2) is 10.9. The lowest BCUT2D eigenvalue weighted by molar-refractivity contribution is -0.0828. The molecule has 0 N–H and O–H groups in total. The highest BCUT2D eigenvalue weighted by Gasteiger charge is 2.41. The standard InChI is InChI=1S/C29H52O2/c1-21-7-5-9-27(19-21)30-25-15-11-23(12-16-25)29(3,4)24-13-17-26(18-14-24)31-28-10-6-8-22(2)20-28/h21-28H,5-20H2,1-4H3. The number of hydrogen-bond donors (Lipinski definition) is 0. The average Bonchev–Trinajstić information content (AvgIpc) is 2.75. The van der Waals surface area contributed by atoms with E-state index in [4.69, 9.17) is 9.47 Å². The summed E-state index contributed by atoms with van der Waals surface area (Å²) in [6, 6.07) is 0. The van der Waals surface area contributed by atoms with Crippen LogP contribution in [0.15, 0.2) is 0 Å². The van der Waals surface area contributed by atoms with E-state index in [1.165, 1.54) is 103 Å². The molecule has 4 atom stereocenters. The molecule has 4 fully saturated rings. The maximum Gasteiger partial charge on any atom is 0.0581 e. The summed E-state index contributed by atoms with van der Waals surface area (Å²) in [4.78, 5) is 0. The molecular formula is C29H52O2. The van der Waals surface area contributed by atoms with Gasteiger partial charge in [-0.2, -0.15) is 0 Å². The Morgan fingerprint density at radius 3 is 1.23 bits per heavy atom. The van der Waals surface area contributed by atoms with Crippen molar-refractivity contribution < 1.29 is 9.47 Å². The third-order valence-corrected chi connectivity index (χ3v) is 10.00. The molecule has 0 amide bonds. The Morgan fingerprint density at radius 2 is 0.871 bits per heavy atom. The normalized spacial score (nSPS) is 43.0. The molecule has 4 aliphatic carbocycles. The third kappa shape index (κ3) is 6.50. The molecule has 2 nitrogen and oxygen atoms in total. The lowest BCUT2D eigenvalue weighted by atomic mass is 9.60. The van der Waals surface area contributed by atoms with Gasteiger partial charge in [0.1, 0.15) is 0 Å². The Bertz CT molecular complexity index is 481. The Labute approximate surface area is 193 Å². The zero-order valence-electron chi connectivity index (χ0n) is 21.2. The largest absolute Gasteiger partial charge is 0.375 e. The fourth-order valence-electron chi connectivity index (χ4n) is 7.77. The molecule has 0 radical (unpaired) electrons. The van der Waals surface area contributed by atoms with Crippen molar-refractivity contribution in [2.75, 3.05) is 0 Å². The summed E-state index contributed by atoms with van der Waals surface area (Å²) in [6.45, 7) is 10.0. The van der Waals surface area contributed by atoms with Crippen LogP contribution in [0.25, 0.3) is 0 Å². The zero-order chi connectivity index (χ0) is 21.8. The van der Waals surface area contributed by atoms with E-state index in [-0.39, 0.29) is 0 Å². The van der Waals surface area contributed by atoms with Crippen molar-refractivity contribution in [3.05, 3.63) is 0 Å². The maximum absolute atomic E-state index is 6.59. The molecule has 2 heteroatoms. The molecule has 0 bridgehead atoms. The van der Waals surface area contributed by atoms with Crippen LogP contribution < -0.4 is 0 Å². The molecule has 0 spiro atoms. The third-order valence-electron chi connectivity index (χ3n) is 10.00. The van der Waals surface area contributed by atoms with Gasteiger partial charge in [-0.1, -0.05) is 53.4 Å². The topological polar surface area (TPSA) is 18.5 Å². The first-order valence-electron chi connectivity index (χ1n) is 14.2. The molecule has 0 aromatic carbocycles. The van der Waals surface area contributed by atoms with E-state index in [9.17, 15) is 0 Å². The van der Waals surface area contributed by atoms with Crippen molar-refractivity contribution in [3.63, 3.8) is 0 Å². The van der Waals surface area contributed by atoms with E-state index in [2.05, 4.69) is 27.7 Å². The van der Waals surface area contributed by atoms with E-state index in [1.54, 1.807) is 0 Å². The highest BCUT2D eigenvalue weighted by Crippen LogP contribution is 2.49. The van der Waals surface area contributed by atoms with Crippen molar-refractivity contribution >= 4 is 0 Å². The Morgan fingerprint density at radius 1 is 0.484 bits per heavy atom. The van der Waals surface area contributed by atoms with Crippen molar-refractivity contribution in [2.24, 2.45) is 29.1 Å². The molecule has 4 rings (SSSR count). The lowest BCUT2D eigenvalue weighted by Crippen LogP contribution is -2.40. The van der Waals surface area contributed by atoms with Gasteiger partial charge in [0, 0.05) is 0 Å². The Kier molecular flexibility index (Phi) is 8.46. The molecule has 0 aliphatic heterocycles. The van der Waals surface area contributed by atoms with Gasteiger partial charge >= 0.3 is 0 Å². The van der Waals surface area contributed by atoms with Gasteiger partial charge in [-0.05, 0) is 106 Å². The number of ether oxygens (including phenoxy) is 2. The van der Waals surface area contributed by atoms with Gasteiger partial charge in [0.05, 0.1) is 24.4 Å². The Hall–Kier alpha value is -0.0800. The van der Waals surface area contributed by atoms with Crippen LogP contribution in [0.2, 0.25) is 0 Å². The maximum atomic E-state index is 6.59. The highest BCUT2D eigenvalue weighted by atomic mass is 16.5. The van der Waals surface area contributed by atoms with Gasteiger partial charge in [-0.15, -0.1) is 0 Å². The second-order valence-corrected chi connectivity index (χ2v) is 12.8. The summed E-state index contributed by atoms with van der Waals surface area (Å²) in [6.07, 6.45) is 23.7. The van der Waals surface area contributed by atoms with Gasteiger partial charge in [0.25, 0.3) is 0 Å². The van der Waals surface area contributed by atoms with Crippen LogP contribution in [0.4, 0.5) is 0 Å². The van der Waals surface area contributed by atoms with E-state index < -0.39 is 0 Å². The number of rotatable bonds is 6. The smallest absolute Gasteiger partial charge is 0.0581 e. The van der Waals surface area contributed by atoms with Gasteiger partial charge in [-0.3, -0.25) is 0 Å². The molecule has 4 saturated carbocycles. The van der Waals surface area contributed by atoms with Crippen molar-refractivity contribution in [2.45, 2.75) is 155 Å². The highest BCUT2D eigenvalue weighted by molar-refractivity contribution is 4.91. The first kappa shape index (κ1) is 24.1. The first-order valence-corrected chi connectivity index (χ1v) is 14.2. The van der Waals surface area contributed by atoms with Crippen LogP contribution in [0.1, 0.15) is 130 Å². The van der Waals surface area contributed by atoms with Gasteiger partial charge in [0.2, 0.25) is 0 Å². The minimum absolute atomic E-state index is 0.481. The van der Waals surface area contributed by atoms with Crippen molar-refractivity contribution in [1.29, 1.82) is 0 Å². The molecule has 180 valence electrons. The van der Waals surface area contributed by atoms with Gasteiger partial charge < -0.3 is 9.47 Å². The molecule has 0 aromatic heterocycles. The minimum atomic E-state index is 0.481.